The first-order chi connectivity index (χ1) is 13.1. The lowest BCUT2D eigenvalue weighted by atomic mass is 10.1. The molecule has 0 unspecified atom stereocenters. The Morgan fingerprint density at radius 1 is 1.22 bits per heavy atom. The van der Waals surface area contributed by atoms with E-state index < -0.39 is 0 Å². The van der Waals surface area contributed by atoms with Crippen LogP contribution in [0.25, 0.3) is 11.6 Å². The molecule has 1 aliphatic rings. The maximum Gasteiger partial charge on any atom is 0.254 e. The van der Waals surface area contributed by atoms with E-state index in [1.54, 1.807) is 42.4 Å². The highest BCUT2D eigenvalue weighted by molar-refractivity contribution is 5.94. The van der Waals surface area contributed by atoms with Gasteiger partial charge in [-0.3, -0.25) is 9.69 Å². The maximum absolute atomic E-state index is 13.7. The number of piperazine rings is 1. The number of rotatable bonds is 4. The molecule has 0 saturated carbocycles. The first-order valence-corrected chi connectivity index (χ1v) is 8.74. The molecule has 140 valence electrons. The Balaban J connectivity index is 1.33. The monoisotopic (exact) mass is 370 g/mol. The molecule has 0 aliphatic carbocycles. The van der Waals surface area contributed by atoms with Gasteiger partial charge in [-0.05, 0) is 36.8 Å². The number of furan rings is 1. The van der Waals surface area contributed by atoms with Crippen molar-refractivity contribution in [1.29, 1.82) is 0 Å². The van der Waals surface area contributed by atoms with Crippen molar-refractivity contribution in [2.45, 2.75) is 13.5 Å². The Labute approximate surface area is 155 Å². The molecule has 1 saturated heterocycles. The highest BCUT2D eigenvalue weighted by Gasteiger charge is 2.24. The highest BCUT2D eigenvalue weighted by atomic mass is 19.1. The van der Waals surface area contributed by atoms with E-state index in [1.165, 1.54) is 6.07 Å². The number of nitrogens with zero attached hydrogens (tertiary/aromatic N) is 4. The van der Waals surface area contributed by atoms with Gasteiger partial charge in [-0.25, -0.2) is 4.39 Å². The molecule has 1 amide bonds. The molecule has 0 atom stereocenters. The lowest BCUT2D eigenvalue weighted by molar-refractivity contribution is 0.0614. The van der Waals surface area contributed by atoms with E-state index in [9.17, 15) is 9.18 Å². The van der Waals surface area contributed by atoms with Gasteiger partial charge in [-0.15, -0.1) is 0 Å². The fourth-order valence-electron chi connectivity index (χ4n) is 3.03. The zero-order valence-corrected chi connectivity index (χ0v) is 14.9. The summed E-state index contributed by atoms with van der Waals surface area (Å²) in [6.45, 7) is 4.67. The van der Waals surface area contributed by atoms with Crippen molar-refractivity contribution in [1.82, 2.24) is 19.9 Å². The predicted molar refractivity (Wildman–Crippen MR) is 94.3 cm³/mol. The van der Waals surface area contributed by atoms with Crippen molar-refractivity contribution in [3.63, 3.8) is 0 Å². The van der Waals surface area contributed by atoms with Crippen LogP contribution in [-0.4, -0.2) is 52.0 Å². The van der Waals surface area contributed by atoms with E-state index in [1.807, 2.05) is 0 Å². The molecule has 0 spiro atoms. The number of halogens is 1. The van der Waals surface area contributed by atoms with Gasteiger partial charge in [0.2, 0.25) is 11.7 Å². The Bertz CT molecular complexity index is 930. The molecule has 2 aromatic heterocycles. The van der Waals surface area contributed by atoms with Crippen LogP contribution in [0.1, 0.15) is 21.8 Å². The van der Waals surface area contributed by atoms with Gasteiger partial charge in [-0.2, -0.15) is 4.98 Å². The average molecular weight is 370 g/mol. The zero-order chi connectivity index (χ0) is 18.8. The van der Waals surface area contributed by atoms with E-state index in [0.29, 0.717) is 61.3 Å². The van der Waals surface area contributed by atoms with Gasteiger partial charge >= 0.3 is 0 Å². The van der Waals surface area contributed by atoms with Crippen molar-refractivity contribution in [2.75, 3.05) is 26.2 Å². The number of aryl methyl sites for hydroxylation is 1. The number of carbonyl (C=O) groups excluding carboxylic acids is 1. The molecule has 4 rings (SSSR count). The molecule has 7 nitrogen and oxygen atoms in total. The Morgan fingerprint density at radius 3 is 2.74 bits per heavy atom. The normalized spacial score (nSPS) is 15.3. The van der Waals surface area contributed by atoms with Crippen LogP contribution >= 0.6 is 0 Å². The third-order valence-electron chi connectivity index (χ3n) is 4.65. The van der Waals surface area contributed by atoms with Gasteiger partial charge in [0.05, 0.1) is 12.8 Å². The molecular weight excluding hydrogens is 351 g/mol. The van der Waals surface area contributed by atoms with Gasteiger partial charge < -0.3 is 13.8 Å². The number of hydrogen-bond acceptors (Lipinski definition) is 6. The fourth-order valence-corrected chi connectivity index (χ4v) is 3.03. The smallest absolute Gasteiger partial charge is 0.254 e. The van der Waals surface area contributed by atoms with Crippen LogP contribution in [0, 0.1) is 12.7 Å². The summed E-state index contributed by atoms with van der Waals surface area (Å²) in [5.41, 5.74) is 0.913. The molecule has 1 aromatic carbocycles. The van der Waals surface area contributed by atoms with Crippen LogP contribution < -0.4 is 0 Å². The number of carbonyl (C=O) groups is 1. The molecule has 3 aromatic rings. The van der Waals surface area contributed by atoms with Crippen LogP contribution in [0.4, 0.5) is 4.39 Å². The van der Waals surface area contributed by atoms with Crippen LogP contribution in [0.5, 0.6) is 0 Å². The largest absolute Gasteiger partial charge is 0.461 e. The molecule has 27 heavy (non-hydrogen) atoms. The van der Waals surface area contributed by atoms with Crippen LogP contribution in [0.15, 0.2) is 45.5 Å². The molecule has 0 N–H and O–H groups in total. The summed E-state index contributed by atoms with van der Waals surface area (Å²) in [6.07, 6.45) is 1.56. The standard InChI is InChI=1S/C19H19FN4O3/c1-13-4-5-14(11-15(13)20)19(25)24-8-6-23(7-9-24)12-17-21-18(22-27-17)16-3-2-10-26-16/h2-5,10-11H,6-9,12H2,1H3. The van der Waals surface area contributed by atoms with Gasteiger partial charge in [0.15, 0.2) is 5.76 Å². The first-order valence-electron chi connectivity index (χ1n) is 8.74. The highest BCUT2D eigenvalue weighted by Crippen LogP contribution is 2.17. The number of aromatic nitrogens is 2. The van der Waals surface area contributed by atoms with Gasteiger partial charge in [-0.1, -0.05) is 11.2 Å². The van der Waals surface area contributed by atoms with Crippen molar-refractivity contribution in [3.8, 4) is 11.6 Å². The van der Waals surface area contributed by atoms with Crippen LogP contribution in [0.3, 0.4) is 0 Å². The van der Waals surface area contributed by atoms with Crippen molar-refractivity contribution in [3.05, 3.63) is 59.4 Å². The van der Waals surface area contributed by atoms with E-state index in [4.69, 9.17) is 8.94 Å². The molecule has 8 heteroatoms. The quantitative estimate of drug-likeness (QED) is 0.703. The zero-order valence-electron chi connectivity index (χ0n) is 14.9. The number of hydrogen-bond donors (Lipinski definition) is 0. The van der Waals surface area contributed by atoms with Gasteiger partial charge in [0, 0.05) is 31.7 Å². The summed E-state index contributed by atoms with van der Waals surface area (Å²) in [5.74, 6) is 0.979. The third-order valence-corrected chi connectivity index (χ3v) is 4.65. The summed E-state index contributed by atoms with van der Waals surface area (Å²) in [4.78, 5) is 20.8. The average Bonchev–Trinajstić information content (AvgIpc) is 3.36. The molecule has 3 heterocycles. The first kappa shape index (κ1) is 17.4. The fraction of sp³-hybridized carbons (Fsp3) is 0.316. The van der Waals surface area contributed by atoms with Gasteiger partial charge in [0.1, 0.15) is 5.82 Å². The van der Waals surface area contributed by atoms with E-state index in [-0.39, 0.29) is 11.7 Å². The maximum atomic E-state index is 13.7. The summed E-state index contributed by atoms with van der Waals surface area (Å²) in [6, 6.07) is 8.14. The second kappa shape index (κ2) is 7.32. The van der Waals surface area contributed by atoms with Crippen molar-refractivity contribution >= 4 is 5.91 Å². The minimum Gasteiger partial charge on any atom is -0.461 e. The molecule has 1 aliphatic heterocycles. The number of benzene rings is 1. The Morgan fingerprint density at radius 2 is 2.04 bits per heavy atom. The predicted octanol–water partition coefficient (Wildman–Crippen LogP) is 2.74. The second-order valence-corrected chi connectivity index (χ2v) is 6.52. The molecule has 1 fully saturated rings. The topological polar surface area (TPSA) is 75.6 Å². The van der Waals surface area contributed by atoms with E-state index >= 15 is 0 Å². The van der Waals surface area contributed by atoms with Crippen molar-refractivity contribution < 1.29 is 18.1 Å². The second-order valence-electron chi connectivity index (χ2n) is 6.52. The number of amides is 1. The molecule has 0 radical (unpaired) electrons. The Kier molecular flexibility index (Phi) is 4.72. The minimum atomic E-state index is -0.358. The summed E-state index contributed by atoms with van der Waals surface area (Å²) in [5, 5.41) is 3.92. The minimum absolute atomic E-state index is 0.147. The lowest BCUT2D eigenvalue weighted by Gasteiger charge is -2.34. The third kappa shape index (κ3) is 3.75. The lowest BCUT2D eigenvalue weighted by Crippen LogP contribution is -2.48. The summed E-state index contributed by atoms with van der Waals surface area (Å²) in [7, 11) is 0. The molecular formula is C19H19FN4O3. The van der Waals surface area contributed by atoms with Crippen LogP contribution in [0.2, 0.25) is 0 Å². The van der Waals surface area contributed by atoms with E-state index in [0.717, 1.165) is 0 Å². The van der Waals surface area contributed by atoms with E-state index in [2.05, 4.69) is 15.0 Å². The van der Waals surface area contributed by atoms with Crippen molar-refractivity contribution in [2.24, 2.45) is 0 Å². The Hall–Kier alpha value is -3.00. The van der Waals surface area contributed by atoms with Gasteiger partial charge in [0.25, 0.3) is 5.91 Å². The molecule has 0 bridgehead atoms. The summed E-state index contributed by atoms with van der Waals surface area (Å²) >= 11 is 0. The van der Waals surface area contributed by atoms with Crippen LogP contribution in [-0.2, 0) is 6.54 Å². The SMILES string of the molecule is Cc1ccc(C(=O)N2CCN(Cc3nc(-c4ccco4)no3)CC2)cc1F. The summed E-state index contributed by atoms with van der Waals surface area (Å²) < 4.78 is 24.2.